The van der Waals surface area contributed by atoms with Crippen LogP contribution in [0, 0.1) is 0 Å². The number of aryl methyl sites for hydroxylation is 1. The molecule has 1 aliphatic heterocycles. The Balaban J connectivity index is 1.46. The number of amides is 2. The zero-order valence-corrected chi connectivity index (χ0v) is 18.9. The smallest absolute Gasteiger partial charge is 0.255 e. The molecular weight excluding hydrogens is 430 g/mol. The molecule has 3 aromatic rings. The van der Waals surface area contributed by atoms with Crippen molar-refractivity contribution in [2.45, 2.75) is 32.6 Å². The third-order valence-electron chi connectivity index (χ3n) is 5.38. The van der Waals surface area contributed by atoms with Crippen LogP contribution in [0.2, 0.25) is 5.02 Å². The topological polar surface area (TPSA) is 62.3 Å². The SMILES string of the molecule is CCc1ccc(-c2nc(CC(=O)Nc3cc(Cl)ccc3C(=O)N3CCCC3)cs2)cc1. The van der Waals surface area contributed by atoms with Crippen LogP contribution in [0.3, 0.4) is 0 Å². The second-order valence-corrected chi connectivity index (χ2v) is 8.90. The number of carbonyl (C=O) groups is 2. The monoisotopic (exact) mass is 453 g/mol. The predicted octanol–water partition coefficient (Wildman–Crippen LogP) is 5.44. The van der Waals surface area contributed by atoms with Gasteiger partial charge in [-0.15, -0.1) is 11.3 Å². The average molecular weight is 454 g/mol. The molecule has 0 atom stereocenters. The first kappa shape index (κ1) is 21.5. The molecule has 1 saturated heterocycles. The summed E-state index contributed by atoms with van der Waals surface area (Å²) in [6.45, 7) is 3.62. The van der Waals surface area contributed by atoms with Crippen LogP contribution in [0.25, 0.3) is 10.6 Å². The Kier molecular flexibility index (Phi) is 6.68. The molecule has 2 heterocycles. The van der Waals surface area contributed by atoms with E-state index < -0.39 is 0 Å². The summed E-state index contributed by atoms with van der Waals surface area (Å²) in [5, 5.41) is 6.12. The number of hydrogen-bond acceptors (Lipinski definition) is 4. The number of benzene rings is 2. The molecule has 1 N–H and O–H groups in total. The summed E-state index contributed by atoms with van der Waals surface area (Å²) in [4.78, 5) is 32.0. The Morgan fingerprint density at radius 2 is 1.87 bits per heavy atom. The first-order chi connectivity index (χ1) is 15.0. The lowest BCUT2D eigenvalue weighted by molar-refractivity contribution is -0.115. The van der Waals surface area contributed by atoms with E-state index in [1.807, 2.05) is 10.3 Å². The number of anilines is 1. The fraction of sp³-hybridized carbons (Fsp3) is 0.292. The maximum Gasteiger partial charge on any atom is 0.255 e. The maximum atomic E-state index is 12.8. The van der Waals surface area contributed by atoms with Crippen LogP contribution in [0.4, 0.5) is 5.69 Å². The minimum atomic E-state index is -0.226. The number of rotatable bonds is 6. The highest BCUT2D eigenvalue weighted by Gasteiger charge is 2.23. The van der Waals surface area contributed by atoms with Crippen molar-refractivity contribution in [3.05, 3.63) is 69.7 Å². The number of thiazole rings is 1. The first-order valence-corrected chi connectivity index (χ1v) is 11.7. The summed E-state index contributed by atoms with van der Waals surface area (Å²) in [6, 6.07) is 13.3. The lowest BCUT2D eigenvalue weighted by Crippen LogP contribution is -2.29. The van der Waals surface area contributed by atoms with Gasteiger partial charge in [-0.05, 0) is 43.0 Å². The summed E-state index contributed by atoms with van der Waals surface area (Å²) in [5.74, 6) is -0.299. The van der Waals surface area contributed by atoms with Gasteiger partial charge in [-0.25, -0.2) is 4.98 Å². The number of hydrogen-bond donors (Lipinski definition) is 1. The van der Waals surface area contributed by atoms with Gasteiger partial charge < -0.3 is 10.2 Å². The molecule has 4 rings (SSSR count). The molecule has 1 aliphatic rings. The van der Waals surface area contributed by atoms with E-state index in [2.05, 4.69) is 41.5 Å². The van der Waals surface area contributed by atoms with Gasteiger partial charge in [0.2, 0.25) is 5.91 Å². The van der Waals surface area contributed by atoms with E-state index in [-0.39, 0.29) is 18.2 Å². The van der Waals surface area contributed by atoms with Crippen molar-refractivity contribution < 1.29 is 9.59 Å². The van der Waals surface area contributed by atoms with E-state index in [4.69, 9.17) is 11.6 Å². The minimum absolute atomic E-state index is 0.0732. The van der Waals surface area contributed by atoms with Crippen molar-refractivity contribution in [2.75, 3.05) is 18.4 Å². The van der Waals surface area contributed by atoms with Gasteiger partial charge in [-0.3, -0.25) is 9.59 Å². The molecule has 0 spiro atoms. The fourth-order valence-corrected chi connectivity index (χ4v) is 4.66. The molecule has 2 amide bonds. The molecule has 31 heavy (non-hydrogen) atoms. The molecule has 2 aromatic carbocycles. The zero-order chi connectivity index (χ0) is 21.8. The number of carbonyl (C=O) groups excluding carboxylic acids is 2. The van der Waals surface area contributed by atoms with Crippen molar-refractivity contribution in [3.8, 4) is 10.6 Å². The van der Waals surface area contributed by atoms with Crippen molar-refractivity contribution >= 4 is 40.4 Å². The fourth-order valence-electron chi connectivity index (χ4n) is 3.66. The van der Waals surface area contributed by atoms with E-state index >= 15 is 0 Å². The van der Waals surface area contributed by atoms with Crippen molar-refractivity contribution in [1.82, 2.24) is 9.88 Å². The quantitative estimate of drug-likeness (QED) is 0.540. The average Bonchev–Trinajstić information content (AvgIpc) is 3.46. The summed E-state index contributed by atoms with van der Waals surface area (Å²) in [7, 11) is 0. The largest absolute Gasteiger partial charge is 0.339 e. The highest BCUT2D eigenvalue weighted by molar-refractivity contribution is 7.13. The molecule has 5 nitrogen and oxygen atoms in total. The lowest BCUT2D eigenvalue weighted by Gasteiger charge is -2.18. The van der Waals surface area contributed by atoms with Crippen LogP contribution in [0.15, 0.2) is 47.8 Å². The highest BCUT2D eigenvalue weighted by Crippen LogP contribution is 2.26. The van der Waals surface area contributed by atoms with Gasteiger partial charge in [0, 0.05) is 29.1 Å². The predicted molar refractivity (Wildman–Crippen MR) is 126 cm³/mol. The summed E-state index contributed by atoms with van der Waals surface area (Å²) >= 11 is 7.65. The van der Waals surface area contributed by atoms with E-state index in [0.29, 0.717) is 22.0 Å². The molecule has 1 aromatic heterocycles. The van der Waals surface area contributed by atoms with E-state index in [9.17, 15) is 9.59 Å². The maximum absolute atomic E-state index is 12.8. The molecule has 1 fully saturated rings. The normalized spacial score (nSPS) is 13.4. The first-order valence-electron chi connectivity index (χ1n) is 10.5. The van der Waals surface area contributed by atoms with Gasteiger partial charge >= 0.3 is 0 Å². The third-order valence-corrected chi connectivity index (χ3v) is 6.56. The molecule has 0 bridgehead atoms. The zero-order valence-electron chi connectivity index (χ0n) is 17.4. The number of likely N-dealkylation sites (tertiary alicyclic amines) is 1. The Bertz CT molecular complexity index is 1090. The summed E-state index contributed by atoms with van der Waals surface area (Å²) in [5.41, 5.74) is 3.93. The van der Waals surface area contributed by atoms with Gasteiger partial charge in [0.1, 0.15) is 5.01 Å². The van der Waals surface area contributed by atoms with E-state index in [1.54, 1.807) is 18.2 Å². The van der Waals surface area contributed by atoms with Crippen LogP contribution in [0.1, 0.15) is 41.4 Å². The summed E-state index contributed by atoms with van der Waals surface area (Å²) < 4.78 is 0. The Labute approximate surface area is 191 Å². The van der Waals surface area contributed by atoms with Crippen LogP contribution in [-0.4, -0.2) is 34.8 Å². The van der Waals surface area contributed by atoms with Crippen LogP contribution < -0.4 is 5.32 Å². The van der Waals surface area contributed by atoms with E-state index in [1.165, 1.54) is 16.9 Å². The molecule has 0 saturated carbocycles. The summed E-state index contributed by atoms with van der Waals surface area (Å²) in [6.07, 6.45) is 3.14. The minimum Gasteiger partial charge on any atom is -0.339 e. The van der Waals surface area contributed by atoms with Crippen molar-refractivity contribution in [1.29, 1.82) is 0 Å². The van der Waals surface area contributed by atoms with Gasteiger partial charge in [0.05, 0.1) is 23.4 Å². The Hall–Kier alpha value is -2.70. The molecule has 160 valence electrons. The van der Waals surface area contributed by atoms with Crippen LogP contribution >= 0.6 is 22.9 Å². The Morgan fingerprint density at radius 3 is 2.58 bits per heavy atom. The second-order valence-electron chi connectivity index (χ2n) is 7.61. The standard InChI is InChI=1S/C24H24ClN3O2S/c1-2-16-5-7-17(8-6-16)23-26-19(15-31-23)14-22(29)27-21-13-18(25)9-10-20(21)24(30)28-11-3-4-12-28/h5-10,13,15H,2-4,11-12,14H2,1H3,(H,27,29). The van der Waals surface area contributed by atoms with Gasteiger partial charge in [0.15, 0.2) is 0 Å². The number of aromatic nitrogens is 1. The number of nitrogens with one attached hydrogen (secondary N) is 1. The van der Waals surface area contributed by atoms with Gasteiger partial charge in [-0.2, -0.15) is 0 Å². The molecule has 0 unspecified atom stereocenters. The molecule has 7 heteroatoms. The van der Waals surface area contributed by atoms with Gasteiger partial charge in [-0.1, -0.05) is 42.8 Å². The molecule has 0 radical (unpaired) electrons. The molecular formula is C24H24ClN3O2S. The Morgan fingerprint density at radius 1 is 1.13 bits per heavy atom. The van der Waals surface area contributed by atoms with Crippen molar-refractivity contribution in [3.63, 3.8) is 0 Å². The number of halogens is 1. The third kappa shape index (κ3) is 5.14. The van der Waals surface area contributed by atoms with Crippen LogP contribution in [0.5, 0.6) is 0 Å². The number of nitrogens with zero attached hydrogens (tertiary/aromatic N) is 2. The second kappa shape index (κ2) is 9.62. The highest BCUT2D eigenvalue weighted by atomic mass is 35.5. The van der Waals surface area contributed by atoms with Gasteiger partial charge in [0.25, 0.3) is 5.91 Å². The molecule has 0 aliphatic carbocycles. The van der Waals surface area contributed by atoms with Crippen molar-refractivity contribution in [2.24, 2.45) is 0 Å². The lowest BCUT2D eigenvalue weighted by atomic mass is 10.1. The van der Waals surface area contributed by atoms with E-state index in [0.717, 1.165) is 42.9 Å². The van der Waals surface area contributed by atoms with Crippen LogP contribution in [-0.2, 0) is 17.6 Å².